The lowest BCUT2D eigenvalue weighted by atomic mass is 10.3. The highest BCUT2D eigenvalue weighted by Gasteiger charge is 2.13. The lowest BCUT2D eigenvalue weighted by Gasteiger charge is -1.96. The molecule has 1 atom stereocenters. The number of nitrogens with zero attached hydrogens (tertiary/aromatic N) is 4. The molecule has 2 heterocycles. The molecule has 0 spiro atoms. The summed E-state index contributed by atoms with van der Waals surface area (Å²) in [6.07, 6.45) is 0. The van der Waals surface area contributed by atoms with Gasteiger partial charge in [0, 0.05) is 6.07 Å². The molecule has 0 aliphatic carbocycles. The Kier molecular flexibility index (Phi) is 2.78. The van der Waals surface area contributed by atoms with Crippen LogP contribution in [0.3, 0.4) is 0 Å². The molecule has 7 nitrogen and oxygen atoms in total. The zero-order chi connectivity index (χ0) is 11.5. The first-order chi connectivity index (χ1) is 7.70. The summed E-state index contributed by atoms with van der Waals surface area (Å²) >= 11 is 0. The molecule has 0 bridgehead atoms. The normalized spacial score (nSPS) is 12.4. The molecule has 0 saturated heterocycles. The second-order valence-electron chi connectivity index (χ2n) is 3.21. The smallest absolute Gasteiger partial charge is 0.243 e. The van der Waals surface area contributed by atoms with Crippen LogP contribution in [-0.4, -0.2) is 27.4 Å². The van der Waals surface area contributed by atoms with Crippen molar-refractivity contribution in [3.8, 4) is 17.4 Å². The van der Waals surface area contributed by atoms with Crippen molar-refractivity contribution >= 4 is 0 Å². The maximum atomic E-state index is 5.60. The molecule has 0 aromatic carbocycles. The summed E-state index contributed by atoms with van der Waals surface area (Å²) in [5.74, 6) is 1.16. The van der Waals surface area contributed by atoms with E-state index in [1.54, 1.807) is 19.1 Å². The summed E-state index contributed by atoms with van der Waals surface area (Å²) in [6.45, 7) is 1.76. The summed E-state index contributed by atoms with van der Waals surface area (Å²) in [6, 6.07) is 3.07. The Morgan fingerprint density at radius 2 is 2.19 bits per heavy atom. The van der Waals surface area contributed by atoms with E-state index in [1.807, 2.05) is 0 Å². The zero-order valence-corrected chi connectivity index (χ0v) is 8.91. The fourth-order valence-electron chi connectivity index (χ4n) is 1.07. The lowest BCUT2D eigenvalue weighted by molar-refractivity contribution is 0.361. The van der Waals surface area contributed by atoms with Gasteiger partial charge in [0.05, 0.1) is 13.2 Å². The molecule has 2 aromatic heterocycles. The van der Waals surface area contributed by atoms with Crippen molar-refractivity contribution in [2.45, 2.75) is 13.0 Å². The zero-order valence-electron chi connectivity index (χ0n) is 8.91. The molecule has 16 heavy (non-hydrogen) atoms. The Labute approximate surface area is 91.6 Å². The first-order valence-electron chi connectivity index (χ1n) is 4.68. The molecule has 0 unspecified atom stereocenters. The van der Waals surface area contributed by atoms with Gasteiger partial charge in [0.2, 0.25) is 17.6 Å². The van der Waals surface area contributed by atoms with Crippen LogP contribution >= 0.6 is 0 Å². The molecule has 2 aromatic rings. The van der Waals surface area contributed by atoms with Crippen LogP contribution in [0, 0.1) is 0 Å². The molecular formula is C9H11N5O2. The van der Waals surface area contributed by atoms with Crippen molar-refractivity contribution in [3.63, 3.8) is 0 Å². The van der Waals surface area contributed by atoms with Crippen molar-refractivity contribution in [1.82, 2.24) is 20.3 Å². The quantitative estimate of drug-likeness (QED) is 0.807. The van der Waals surface area contributed by atoms with Crippen LogP contribution in [0.4, 0.5) is 0 Å². The van der Waals surface area contributed by atoms with Crippen molar-refractivity contribution in [1.29, 1.82) is 0 Å². The highest BCUT2D eigenvalue weighted by molar-refractivity contribution is 5.47. The van der Waals surface area contributed by atoms with Crippen LogP contribution in [-0.2, 0) is 0 Å². The molecule has 0 saturated carbocycles. The second kappa shape index (κ2) is 4.23. The average Bonchev–Trinajstić information content (AvgIpc) is 2.78. The van der Waals surface area contributed by atoms with Gasteiger partial charge in [-0.1, -0.05) is 5.16 Å². The molecule has 0 aliphatic heterocycles. The van der Waals surface area contributed by atoms with Gasteiger partial charge in [0.15, 0.2) is 0 Å². The molecule has 0 radical (unpaired) electrons. The van der Waals surface area contributed by atoms with E-state index in [0.717, 1.165) is 0 Å². The molecule has 84 valence electrons. The summed E-state index contributed by atoms with van der Waals surface area (Å²) < 4.78 is 9.84. The van der Waals surface area contributed by atoms with E-state index in [4.69, 9.17) is 15.0 Å². The summed E-state index contributed by atoms with van der Waals surface area (Å²) in [5.41, 5.74) is 6.11. The van der Waals surface area contributed by atoms with E-state index in [2.05, 4.69) is 20.3 Å². The summed E-state index contributed by atoms with van der Waals surface area (Å²) in [5, 5.41) is 11.4. The van der Waals surface area contributed by atoms with Crippen molar-refractivity contribution < 1.29 is 9.26 Å². The third-order valence-corrected chi connectivity index (χ3v) is 1.91. The fraction of sp³-hybridized carbons (Fsp3) is 0.333. The van der Waals surface area contributed by atoms with Crippen molar-refractivity contribution in [3.05, 3.63) is 18.0 Å². The van der Waals surface area contributed by atoms with E-state index in [0.29, 0.717) is 23.3 Å². The number of hydrogen-bond acceptors (Lipinski definition) is 7. The highest BCUT2D eigenvalue weighted by Crippen LogP contribution is 2.16. The fourth-order valence-corrected chi connectivity index (χ4v) is 1.07. The van der Waals surface area contributed by atoms with E-state index in [1.165, 1.54) is 7.11 Å². The van der Waals surface area contributed by atoms with Crippen LogP contribution in [0.5, 0.6) is 5.88 Å². The molecular weight excluding hydrogens is 210 g/mol. The topological polar surface area (TPSA) is 100.0 Å². The van der Waals surface area contributed by atoms with Gasteiger partial charge >= 0.3 is 0 Å². The van der Waals surface area contributed by atoms with Gasteiger partial charge in [-0.05, 0) is 13.0 Å². The SMILES string of the molecule is COc1ccc(-c2noc([C@H](C)N)n2)nn1. The number of aromatic nitrogens is 4. The van der Waals surface area contributed by atoms with Crippen LogP contribution in [0.2, 0.25) is 0 Å². The minimum absolute atomic E-state index is 0.299. The van der Waals surface area contributed by atoms with Crippen LogP contribution in [0.1, 0.15) is 18.9 Å². The monoisotopic (exact) mass is 221 g/mol. The number of nitrogens with two attached hydrogens (primary N) is 1. The van der Waals surface area contributed by atoms with Crippen molar-refractivity contribution in [2.24, 2.45) is 5.73 Å². The van der Waals surface area contributed by atoms with Gasteiger partial charge < -0.3 is 15.0 Å². The predicted molar refractivity (Wildman–Crippen MR) is 54.5 cm³/mol. The number of rotatable bonds is 3. The van der Waals surface area contributed by atoms with Gasteiger partial charge in [-0.3, -0.25) is 0 Å². The molecule has 7 heteroatoms. The summed E-state index contributed by atoms with van der Waals surface area (Å²) in [7, 11) is 1.52. The standard InChI is InChI=1S/C9H11N5O2/c1-5(10)9-11-8(14-16-9)6-3-4-7(15-2)13-12-6/h3-5H,10H2,1-2H3/t5-/m0/s1. The Morgan fingerprint density at radius 3 is 2.69 bits per heavy atom. The van der Waals surface area contributed by atoms with Gasteiger partial charge in [0.1, 0.15) is 5.69 Å². The maximum Gasteiger partial charge on any atom is 0.243 e. The predicted octanol–water partition coefficient (Wildman–Crippen LogP) is 0.555. The summed E-state index contributed by atoms with van der Waals surface area (Å²) in [4.78, 5) is 4.09. The second-order valence-corrected chi connectivity index (χ2v) is 3.21. The minimum Gasteiger partial charge on any atom is -0.480 e. The Hall–Kier alpha value is -2.02. The van der Waals surface area contributed by atoms with Gasteiger partial charge in [0.25, 0.3) is 0 Å². The third kappa shape index (κ3) is 1.98. The number of hydrogen-bond donors (Lipinski definition) is 1. The Morgan fingerprint density at radius 1 is 1.38 bits per heavy atom. The maximum absolute atomic E-state index is 5.60. The van der Waals surface area contributed by atoms with E-state index in [-0.39, 0.29) is 6.04 Å². The van der Waals surface area contributed by atoms with Gasteiger partial charge in [-0.2, -0.15) is 4.98 Å². The number of methoxy groups -OCH3 is 1. The van der Waals surface area contributed by atoms with Crippen LogP contribution in [0.15, 0.2) is 16.7 Å². The average molecular weight is 221 g/mol. The van der Waals surface area contributed by atoms with Crippen LogP contribution < -0.4 is 10.5 Å². The molecule has 2 N–H and O–H groups in total. The minimum atomic E-state index is -0.299. The van der Waals surface area contributed by atoms with Gasteiger partial charge in [-0.25, -0.2) is 0 Å². The first-order valence-corrected chi connectivity index (χ1v) is 4.68. The third-order valence-electron chi connectivity index (χ3n) is 1.91. The highest BCUT2D eigenvalue weighted by atomic mass is 16.5. The van der Waals surface area contributed by atoms with E-state index < -0.39 is 0 Å². The van der Waals surface area contributed by atoms with Crippen molar-refractivity contribution in [2.75, 3.05) is 7.11 Å². The number of ether oxygens (including phenoxy) is 1. The molecule has 0 fully saturated rings. The van der Waals surface area contributed by atoms with Gasteiger partial charge in [-0.15, -0.1) is 10.2 Å². The van der Waals surface area contributed by atoms with E-state index >= 15 is 0 Å². The largest absolute Gasteiger partial charge is 0.480 e. The first kappa shape index (κ1) is 10.5. The lowest BCUT2D eigenvalue weighted by Crippen LogP contribution is -2.04. The molecule has 2 rings (SSSR count). The molecule has 0 aliphatic rings. The van der Waals surface area contributed by atoms with E-state index in [9.17, 15) is 0 Å². The Balaban J connectivity index is 2.28. The Bertz CT molecular complexity index is 465. The van der Waals surface area contributed by atoms with Crippen LogP contribution in [0.25, 0.3) is 11.5 Å². The molecule has 0 amide bonds.